The number of nitrogens with one attached hydrogen (secondary N) is 1. The fraction of sp³-hybridized carbons (Fsp3) is 0. The molecule has 3 aromatic rings. The second-order valence-corrected chi connectivity index (χ2v) is 3.21. The summed E-state index contributed by atoms with van der Waals surface area (Å²) in [5, 5.41) is 0.853. The number of H-pyrrole nitrogens is 1. The SMILES string of the molecule is c1cncc(Oc2ncnc3[nH]ccc23)c1. The van der Waals surface area contributed by atoms with E-state index in [4.69, 9.17) is 4.74 Å². The second kappa shape index (κ2) is 3.62. The largest absolute Gasteiger partial charge is 0.437 e. The zero-order chi connectivity index (χ0) is 10.8. The Labute approximate surface area is 91.2 Å². The lowest BCUT2D eigenvalue weighted by Crippen LogP contribution is -1.90. The van der Waals surface area contributed by atoms with Gasteiger partial charge in [0.1, 0.15) is 17.7 Å². The van der Waals surface area contributed by atoms with Gasteiger partial charge in [0.25, 0.3) is 0 Å². The Morgan fingerprint density at radius 3 is 3.06 bits per heavy atom. The molecule has 0 amide bonds. The molecule has 1 N–H and O–H groups in total. The van der Waals surface area contributed by atoms with Crippen molar-refractivity contribution in [3.63, 3.8) is 0 Å². The molecule has 0 spiro atoms. The summed E-state index contributed by atoms with van der Waals surface area (Å²) in [6.45, 7) is 0. The molecule has 0 aliphatic carbocycles. The van der Waals surface area contributed by atoms with E-state index in [1.165, 1.54) is 6.33 Å². The van der Waals surface area contributed by atoms with Gasteiger partial charge in [0.05, 0.1) is 11.6 Å². The van der Waals surface area contributed by atoms with E-state index < -0.39 is 0 Å². The molecule has 0 atom stereocenters. The highest BCUT2D eigenvalue weighted by molar-refractivity contribution is 5.80. The van der Waals surface area contributed by atoms with E-state index in [2.05, 4.69) is 19.9 Å². The molecule has 78 valence electrons. The zero-order valence-corrected chi connectivity index (χ0v) is 8.29. The quantitative estimate of drug-likeness (QED) is 0.706. The third kappa shape index (κ3) is 1.48. The molecule has 3 heterocycles. The van der Waals surface area contributed by atoms with Crippen LogP contribution in [0.25, 0.3) is 11.0 Å². The van der Waals surface area contributed by atoms with Crippen LogP contribution in [0.2, 0.25) is 0 Å². The first-order valence-corrected chi connectivity index (χ1v) is 4.79. The maximum absolute atomic E-state index is 5.62. The summed E-state index contributed by atoms with van der Waals surface area (Å²) in [6.07, 6.45) is 6.60. The van der Waals surface area contributed by atoms with E-state index in [0.29, 0.717) is 11.6 Å². The Kier molecular flexibility index (Phi) is 2.00. The minimum absolute atomic E-state index is 0.527. The van der Waals surface area contributed by atoms with Crippen LogP contribution >= 0.6 is 0 Å². The van der Waals surface area contributed by atoms with Crippen molar-refractivity contribution in [3.8, 4) is 11.6 Å². The highest BCUT2D eigenvalue weighted by atomic mass is 16.5. The van der Waals surface area contributed by atoms with Crippen molar-refractivity contribution < 1.29 is 4.74 Å². The molecule has 0 bridgehead atoms. The first-order chi connectivity index (χ1) is 7.93. The van der Waals surface area contributed by atoms with Gasteiger partial charge in [0.2, 0.25) is 5.88 Å². The maximum atomic E-state index is 5.62. The number of pyridine rings is 1. The topological polar surface area (TPSA) is 63.7 Å². The number of rotatable bonds is 2. The third-order valence-corrected chi connectivity index (χ3v) is 2.17. The van der Waals surface area contributed by atoms with Gasteiger partial charge in [0.15, 0.2) is 0 Å². The summed E-state index contributed by atoms with van der Waals surface area (Å²) in [4.78, 5) is 15.1. The zero-order valence-electron chi connectivity index (χ0n) is 8.29. The Balaban J connectivity index is 2.04. The van der Waals surface area contributed by atoms with Crippen LogP contribution < -0.4 is 4.74 Å². The van der Waals surface area contributed by atoms with Crippen molar-refractivity contribution >= 4 is 11.0 Å². The van der Waals surface area contributed by atoms with Crippen molar-refractivity contribution in [2.24, 2.45) is 0 Å². The molecule has 0 saturated heterocycles. The van der Waals surface area contributed by atoms with Crippen molar-refractivity contribution in [2.45, 2.75) is 0 Å². The molecular weight excluding hydrogens is 204 g/mol. The number of hydrogen-bond donors (Lipinski definition) is 1. The molecule has 0 unspecified atom stereocenters. The van der Waals surface area contributed by atoms with Crippen LogP contribution in [0.3, 0.4) is 0 Å². The molecule has 3 rings (SSSR count). The molecule has 0 aliphatic heterocycles. The molecule has 5 nitrogen and oxygen atoms in total. The lowest BCUT2D eigenvalue weighted by atomic mass is 10.4. The molecule has 0 aromatic carbocycles. The van der Waals surface area contributed by atoms with E-state index >= 15 is 0 Å². The van der Waals surface area contributed by atoms with E-state index in [0.717, 1.165) is 11.0 Å². The maximum Gasteiger partial charge on any atom is 0.231 e. The van der Waals surface area contributed by atoms with Gasteiger partial charge in [0, 0.05) is 12.4 Å². The Morgan fingerprint density at radius 1 is 1.19 bits per heavy atom. The number of nitrogens with zero attached hydrogens (tertiary/aromatic N) is 3. The summed E-state index contributed by atoms with van der Waals surface area (Å²) < 4.78 is 5.62. The van der Waals surface area contributed by atoms with Gasteiger partial charge in [-0.3, -0.25) is 4.98 Å². The fourth-order valence-electron chi connectivity index (χ4n) is 1.45. The fourth-order valence-corrected chi connectivity index (χ4v) is 1.45. The number of aromatic amines is 1. The first kappa shape index (κ1) is 8.84. The van der Waals surface area contributed by atoms with Gasteiger partial charge in [-0.25, -0.2) is 9.97 Å². The number of hydrogen-bond acceptors (Lipinski definition) is 4. The molecule has 5 heteroatoms. The van der Waals surface area contributed by atoms with E-state index in [1.807, 2.05) is 18.2 Å². The summed E-state index contributed by atoms with van der Waals surface area (Å²) in [5.41, 5.74) is 0.758. The standard InChI is InChI=1S/C11H8N4O/c1-2-8(6-12-4-1)16-11-9-3-5-13-10(9)14-7-15-11/h1-7H,(H,13,14,15). The normalized spacial score (nSPS) is 10.5. The number of ether oxygens (including phenoxy) is 1. The molecular formula is C11H8N4O. The summed E-state index contributed by atoms with van der Waals surface area (Å²) in [5.74, 6) is 1.18. The lowest BCUT2D eigenvalue weighted by molar-refractivity contribution is 0.466. The van der Waals surface area contributed by atoms with Crippen LogP contribution in [0.1, 0.15) is 0 Å². The molecule has 0 aliphatic rings. The Morgan fingerprint density at radius 2 is 2.19 bits per heavy atom. The van der Waals surface area contributed by atoms with Crippen LogP contribution in [-0.2, 0) is 0 Å². The lowest BCUT2D eigenvalue weighted by Gasteiger charge is -2.03. The summed E-state index contributed by atoms with van der Waals surface area (Å²) in [7, 11) is 0. The number of aromatic nitrogens is 4. The molecule has 0 saturated carbocycles. The van der Waals surface area contributed by atoms with Gasteiger partial charge in [-0.05, 0) is 18.2 Å². The summed E-state index contributed by atoms with van der Waals surface area (Å²) in [6, 6.07) is 5.51. The monoisotopic (exact) mass is 212 g/mol. The van der Waals surface area contributed by atoms with Gasteiger partial charge in [-0.15, -0.1) is 0 Å². The van der Waals surface area contributed by atoms with Crippen LogP contribution in [-0.4, -0.2) is 19.9 Å². The Hall–Kier alpha value is -2.43. The van der Waals surface area contributed by atoms with Crippen LogP contribution in [0.15, 0.2) is 43.1 Å². The highest BCUT2D eigenvalue weighted by Gasteiger charge is 2.06. The average Bonchev–Trinajstić information content (AvgIpc) is 2.80. The van der Waals surface area contributed by atoms with Crippen molar-refractivity contribution in [3.05, 3.63) is 43.1 Å². The smallest absolute Gasteiger partial charge is 0.231 e. The first-order valence-electron chi connectivity index (χ1n) is 4.79. The molecule has 0 fully saturated rings. The Bertz CT molecular complexity index is 605. The minimum Gasteiger partial charge on any atom is -0.437 e. The van der Waals surface area contributed by atoms with Crippen molar-refractivity contribution in [1.82, 2.24) is 19.9 Å². The minimum atomic E-state index is 0.527. The van der Waals surface area contributed by atoms with E-state index in [1.54, 1.807) is 18.6 Å². The predicted octanol–water partition coefficient (Wildman–Crippen LogP) is 2.15. The molecule has 3 aromatic heterocycles. The molecule has 16 heavy (non-hydrogen) atoms. The summed E-state index contributed by atoms with van der Waals surface area (Å²) >= 11 is 0. The predicted molar refractivity (Wildman–Crippen MR) is 58.2 cm³/mol. The highest BCUT2D eigenvalue weighted by Crippen LogP contribution is 2.24. The van der Waals surface area contributed by atoms with Gasteiger partial charge >= 0.3 is 0 Å². The van der Waals surface area contributed by atoms with E-state index in [-0.39, 0.29) is 0 Å². The van der Waals surface area contributed by atoms with Crippen LogP contribution in [0.5, 0.6) is 11.6 Å². The average molecular weight is 212 g/mol. The second-order valence-electron chi connectivity index (χ2n) is 3.21. The van der Waals surface area contributed by atoms with Crippen LogP contribution in [0, 0.1) is 0 Å². The number of fused-ring (bicyclic) bond motifs is 1. The van der Waals surface area contributed by atoms with Gasteiger partial charge < -0.3 is 9.72 Å². The van der Waals surface area contributed by atoms with Gasteiger partial charge in [-0.2, -0.15) is 0 Å². The molecule has 0 radical (unpaired) electrons. The third-order valence-electron chi connectivity index (χ3n) is 2.17. The van der Waals surface area contributed by atoms with E-state index in [9.17, 15) is 0 Å². The van der Waals surface area contributed by atoms with Gasteiger partial charge in [-0.1, -0.05) is 0 Å². The van der Waals surface area contributed by atoms with Crippen LogP contribution in [0.4, 0.5) is 0 Å². The van der Waals surface area contributed by atoms with Crippen molar-refractivity contribution in [2.75, 3.05) is 0 Å². The van der Waals surface area contributed by atoms with Crippen molar-refractivity contribution in [1.29, 1.82) is 0 Å².